The molecule has 0 atom stereocenters. The van der Waals surface area contributed by atoms with Crippen molar-refractivity contribution in [3.63, 3.8) is 0 Å². The monoisotopic (exact) mass is 348 g/mol. The van der Waals surface area contributed by atoms with Crippen molar-refractivity contribution in [2.45, 2.75) is 13.3 Å². The van der Waals surface area contributed by atoms with Gasteiger partial charge in [-0.2, -0.15) is 0 Å². The minimum absolute atomic E-state index is 0.00948. The molecule has 0 spiro atoms. The first-order valence-corrected chi connectivity index (χ1v) is 8.74. The minimum atomic E-state index is -0.00948. The van der Waals surface area contributed by atoms with Gasteiger partial charge in [0, 0.05) is 26.2 Å². The number of fused-ring (bicyclic) bond motifs is 1. The Morgan fingerprint density at radius 2 is 1.88 bits per heavy atom. The normalized spacial score (nSPS) is 10.6. The van der Waals surface area contributed by atoms with Crippen LogP contribution in [-0.2, 0) is 11.2 Å². The highest BCUT2D eigenvalue weighted by Gasteiger charge is 2.08. The molecule has 2 N–H and O–H groups in total. The van der Waals surface area contributed by atoms with Gasteiger partial charge >= 0.3 is 0 Å². The summed E-state index contributed by atoms with van der Waals surface area (Å²) in [5, 5.41) is 8.39. The molecule has 0 bridgehead atoms. The summed E-state index contributed by atoms with van der Waals surface area (Å²) in [5.74, 6) is 0.827. The second-order valence-electron chi connectivity index (χ2n) is 6.29. The van der Waals surface area contributed by atoms with Gasteiger partial charge in [-0.25, -0.2) is 0 Å². The molecular formula is C22H24N2O2. The molecule has 0 saturated heterocycles. The zero-order valence-electron chi connectivity index (χ0n) is 15.4. The van der Waals surface area contributed by atoms with Crippen molar-refractivity contribution in [1.29, 1.82) is 0 Å². The average molecular weight is 348 g/mol. The molecule has 4 heteroatoms. The van der Waals surface area contributed by atoms with Gasteiger partial charge in [0.05, 0.1) is 7.11 Å². The van der Waals surface area contributed by atoms with Crippen LogP contribution in [0.15, 0.2) is 54.6 Å². The van der Waals surface area contributed by atoms with E-state index in [4.69, 9.17) is 4.74 Å². The fourth-order valence-electron chi connectivity index (χ4n) is 3.14. The topological polar surface area (TPSA) is 50.4 Å². The molecule has 0 aliphatic heterocycles. The van der Waals surface area contributed by atoms with Crippen LogP contribution in [0, 0.1) is 0 Å². The number of ether oxygens (including phenoxy) is 1. The molecule has 0 aromatic heterocycles. The Bertz CT molecular complexity index is 935. The number of rotatable bonds is 6. The lowest BCUT2D eigenvalue weighted by Crippen LogP contribution is -2.22. The molecule has 134 valence electrons. The highest BCUT2D eigenvalue weighted by molar-refractivity contribution is 5.91. The molecule has 0 fully saturated rings. The van der Waals surface area contributed by atoms with Crippen molar-refractivity contribution in [2.24, 2.45) is 0 Å². The molecule has 3 aromatic carbocycles. The molecule has 0 aliphatic carbocycles. The first kappa shape index (κ1) is 17.8. The number of hydrogen-bond acceptors (Lipinski definition) is 3. The summed E-state index contributed by atoms with van der Waals surface area (Å²) < 4.78 is 5.39. The van der Waals surface area contributed by atoms with E-state index in [1.807, 2.05) is 19.2 Å². The number of carbonyl (C=O) groups excluding carboxylic acids is 1. The van der Waals surface area contributed by atoms with Crippen LogP contribution in [0.4, 0.5) is 5.69 Å². The summed E-state index contributed by atoms with van der Waals surface area (Å²) in [6.07, 6.45) is 0.767. The predicted molar refractivity (Wildman–Crippen MR) is 108 cm³/mol. The van der Waals surface area contributed by atoms with Gasteiger partial charge in [-0.15, -0.1) is 0 Å². The van der Waals surface area contributed by atoms with E-state index < -0.39 is 0 Å². The maximum Gasteiger partial charge on any atom is 0.216 e. The molecule has 26 heavy (non-hydrogen) atoms. The Balaban J connectivity index is 2.08. The van der Waals surface area contributed by atoms with E-state index in [0.717, 1.165) is 39.8 Å². The van der Waals surface area contributed by atoms with Gasteiger partial charge in [0.2, 0.25) is 5.91 Å². The summed E-state index contributed by atoms with van der Waals surface area (Å²) in [7, 11) is 3.60. The van der Waals surface area contributed by atoms with Gasteiger partial charge < -0.3 is 15.4 Å². The van der Waals surface area contributed by atoms with Gasteiger partial charge in [0.1, 0.15) is 5.75 Å². The third-order valence-corrected chi connectivity index (χ3v) is 4.50. The van der Waals surface area contributed by atoms with E-state index in [1.54, 1.807) is 14.0 Å². The van der Waals surface area contributed by atoms with E-state index in [9.17, 15) is 4.79 Å². The van der Waals surface area contributed by atoms with Crippen molar-refractivity contribution in [1.82, 2.24) is 5.32 Å². The number of amides is 1. The fraction of sp³-hybridized carbons (Fsp3) is 0.227. The van der Waals surface area contributed by atoms with Gasteiger partial charge in [-0.05, 0) is 64.2 Å². The van der Waals surface area contributed by atoms with E-state index in [-0.39, 0.29) is 5.91 Å². The van der Waals surface area contributed by atoms with Crippen LogP contribution in [0.3, 0.4) is 0 Å². The van der Waals surface area contributed by atoms with E-state index >= 15 is 0 Å². The number of nitrogens with one attached hydrogen (secondary N) is 2. The lowest BCUT2D eigenvalue weighted by atomic mass is 9.95. The van der Waals surface area contributed by atoms with E-state index in [1.165, 1.54) is 5.56 Å². The third kappa shape index (κ3) is 3.97. The van der Waals surface area contributed by atoms with E-state index in [2.05, 4.69) is 53.1 Å². The zero-order valence-corrected chi connectivity index (χ0v) is 15.4. The van der Waals surface area contributed by atoms with Crippen LogP contribution in [0.2, 0.25) is 0 Å². The Hall–Kier alpha value is -3.01. The maximum atomic E-state index is 11.2. The Morgan fingerprint density at radius 1 is 1.04 bits per heavy atom. The number of hydrogen-bond donors (Lipinski definition) is 2. The Labute approximate surface area is 154 Å². The van der Waals surface area contributed by atoms with Gasteiger partial charge in [0.25, 0.3) is 0 Å². The quantitative estimate of drug-likeness (QED) is 0.701. The highest BCUT2D eigenvalue weighted by Crippen LogP contribution is 2.31. The van der Waals surface area contributed by atoms with Crippen LogP contribution in [0.1, 0.15) is 12.5 Å². The second kappa shape index (κ2) is 7.91. The average Bonchev–Trinajstić information content (AvgIpc) is 2.67. The van der Waals surface area contributed by atoms with Gasteiger partial charge in [-0.3, -0.25) is 4.79 Å². The first-order chi connectivity index (χ1) is 12.6. The summed E-state index contributed by atoms with van der Waals surface area (Å²) >= 11 is 0. The van der Waals surface area contributed by atoms with Crippen LogP contribution in [0.25, 0.3) is 21.9 Å². The molecule has 0 aliphatic rings. The summed E-state index contributed by atoms with van der Waals surface area (Å²) in [4.78, 5) is 11.2. The number of carbonyl (C=O) groups is 1. The Kier molecular flexibility index (Phi) is 5.42. The maximum absolute atomic E-state index is 11.2. The highest BCUT2D eigenvalue weighted by atomic mass is 16.5. The lowest BCUT2D eigenvalue weighted by molar-refractivity contribution is -0.118. The Morgan fingerprint density at radius 3 is 2.62 bits per heavy atom. The van der Waals surface area contributed by atoms with Crippen LogP contribution >= 0.6 is 0 Å². The number of benzene rings is 3. The SMILES string of the molecule is CNc1cccc(-c2cc(CCNC(C)=O)c3cc(OC)ccc3c2)c1. The largest absolute Gasteiger partial charge is 0.497 e. The summed E-state index contributed by atoms with van der Waals surface area (Å²) in [6, 6.07) is 18.9. The molecule has 0 heterocycles. The minimum Gasteiger partial charge on any atom is -0.497 e. The molecular weight excluding hydrogens is 324 g/mol. The second-order valence-corrected chi connectivity index (χ2v) is 6.29. The van der Waals surface area contributed by atoms with Crippen LogP contribution < -0.4 is 15.4 Å². The van der Waals surface area contributed by atoms with Crippen molar-refractivity contribution < 1.29 is 9.53 Å². The zero-order chi connectivity index (χ0) is 18.5. The molecule has 0 unspecified atom stereocenters. The molecule has 0 radical (unpaired) electrons. The first-order valence-electron chi connectivity index (χ1n) is 8.74. The number of methoxy groups -OCH3 is 1. The molecule has 3 aromatic rings. The fourth-order valence-corrected chi connectivity index (χ4v) is 3.14. The van der Waals surface area contributed by atoms with Gasteiger partial charge in [-0.1, -0.05) is 24.3 Å². The van der Waals surface area contributed by atoms with Crippen molar-refractivity contribution in [2.75, 3.05) is 26.0 Å². The third-order valence-electron chi connectivity index (χ3n) is 4.50. The van der Waals surface area contributed by atoms with Crippen LogP contribution in [0.5, 0.6) is 5.75 Å². The van der Waals surface area contributed by atoms with Crippen molar-refractivity contribution in [3.8, 4) is 16.9 Å². The number of anilines is 1. The summed E-state index contributed by atoms with van der Waals surface area (Å²) in [5.41, 5.74) is 4.60. The predicted octanol–water partition coefficient (Wildman–Crippen LogP) is 4.24. The van der Waals surface area contributed by atoms with Crippen molar-refractivity contribution in [3.05, 3.63) is 60.2 Å². The van der Waals surface area contributed by atoms with Crippen LogP contribution in [-0.4, -0.2) is 26.6 Å². The molecule has 4 nitrogen and oxygen atoms in total. The van der Waals surface area contributed by atoms with Crippen molar-refractivity contribution >= 4 is 22.4 Å². The molecule has 3 rings (SSSR count). The smallest absolute Gasteiger partial charge is 0.216 e. The standard InChI is InChI=1S/C22H24N2O2/c1-15(25)24-10-9-18-12-19(16-5-4-6-20(13-16)23-2)11-17-7-8-21(26-3)14-22(17)18/h4-8,11-14,23H,9-10H2,1-3H3,(H,24,25). The molecule has 1 amide bonds. The summed E-state index contributed by atoms with van der Waals surface area (Å²) in [6.45, 7) is 2.16. The lowest BCUT2D eigenvalue weighted by Gasteiger charge is -2.13. The van der Waals surface area contributed by atoms with Gasteiger partial charge in [0.15, 0.2) is 0 Å². The van der Waals surface area contributed by atoms with E-state index in [0.29, 0.717) is 6.54 Å². The molecule has 0 saturated carbocycles.